The molecule has 7 heteroatoms. The quantitative estimate of drug-likeness (QED) is 0.336. The lowest BCUT2D eigenvalue weighted by Crippen LogP contribution is -2.13. The van der Waals surface area contributed by atoms with E-state index in [1.54, 1.807) is 12.1 Å². The Morgan fingerprint density at radius 3 is 2.12 bits per heavy atom. The van der Waals surface area contributed by atoms with E-state index >= 15 is 0 Å². The predicted octanol–water partition coefficient (Wildman–Crippen LogP) is 4.62. The first kappa shape index (κ1) is 16.4. The van der Waals surface area contributed by atoms with Gasteiger partial charge >= 0.3 is 0 Å². The van der Waals surface area contributed by atoms with Crippen LogP contribution in [0.5, 0.6) is 5.75 Å². The van der Waals surface area contributed by atoms with Gasteiger partial charge in [0.25, 0.3) is 12.4 Å². The van der Waals surface area contributed by atoms with Crippen LogP contribution < -0.4 is 4.74 Å². The monoisotopic (exact) mass is 342 g/mol. The SMILES string of the molecule is CC(C)c1cccc2c1OC/[N+]2=C/c1c(F)c(F)c(F)c(F)c1F. The van der Waals surface area contributed by atoms with Gasteiger partial charge in [-0.2, -0.15) is 4.58 Å². The molecule has 3 rings (SSSR count). The minimum atomic E-state index is -2.18. The number of fused-ring (bicyclic) bond motifs is 1. The van der Waals surface area contributed by atoms with Crippen LogP contribution in [0.3, 0.4) is 0 Å². The second kappa shape index (κ2) is 5.89. The zero-order valence-electron chi connectivity index (χ0n) is 12.8. The molecule has 0 aromatic heterocycles. The largest absolute Gasteiger partial charge is 0.429 e. The van der Waals surface area contributed by atoms with Crippen molar-refractivity contribution < 1.29 is 31.3 Å². The number of halogens is 5. The molecular weight excluding hydrogens is 329 g/mol. The summed E-state index contributed by atoms with van der Waals surface area (Å²) in [4.78, 5) is 0. The highest BCUT2D eigenvalue weighted by molar-refractivity contribution is 5.78. The molecule has 0 unspecified atom stereocenters. The maximum absolute atomic E-state index is 13.8. The molecule has 0 fully saturated rings. The number of rotatable bonds is 2. The lowest BCUT2D eigenvalue weighted by atomic mass is 10.0. The van der Waals surface area contributed by atoms with Crippen LogP contribution in [0.2, 0.25) is 0 Å². The number of nitrogens with zero attached hydrogens (tertiary/aromatic N) is 1. The number of benzene rings is 2. The molecule has 2 nitrogen and oxygen atoms in total. The van der Waals surface area contributed by atoms with Gasteiger partial charge in [-0.3, -0.25) is 0 Å². The van der Waals surface area contributed by atoms with Crippen molar-refractivity contribution >= 4 is 11.9 Å². The molecule has 2 aromatic rings. The van der Waals surface area contributed by atoms with Crippen molar-refractivity contribution in [2.75, 3.05) is 6.73 Å². The Balaban J connectivity index is 2.17. The molecular formula is C17H13F5NO+. The third kappa shape index (κ3) is 2.44. The smallest absolute Gasteiger partial charge is 0.293 e. The molecule has 0 saturated heterocycles. The Bertz CT molecular complexity index is 832. The summed E-state index contributed by atoms with van der Waals surface area (Å²) in [5, 5.41) is 0. The fraction of sp³-hybridized carbons (Fsp3) is 0.235. The minimum absolute atomic E-state index is 0.0848. The first-order chi connectivity index (χ1) is 11.3. The second-order valence-electron chi connectivity index (χ2n) is 5.71. The van der Waals surface area contributed by atoms with E-state index in [2.05, 4.69) is 0 Å². The zero-order chi connectivity index (χ0) is 17.6. The van der Waals surface area contributed by atoms with E-state index in [4.69, 9.17) is 4.74 Å². The van der Waals surface area contributed by atoms with Gasteiger partial charge in [-0.1, -0.05) is 26.0 Å². The van der Waals surface area contributed by atoms with Crippen LogP contribution in [0.25, 0.3) is 0 Å². The van der Waals surface area contributed by atoms with Crippen molar-refractivity contribution in [3.63, 3.8) is 0 Å². The van der Waals surface area contributed by atoms with Gasteiger partial charge in [-0.25, -0.2) is 22.0 Å². The number of hydrogen-bond acceptors (Lipinski definition) is 1. The summed E-state index contributed by atoms with van der Waals surface area (Å²) in [5.41, 5.74) is 0.392. The van der Waals surface area contributed by atoms with Crippen LogP contribution in [0.1, 0.15) is 30.9 Å². The highest BCUT2D eigenvalue weighted by Crippen LogP contribution is 2.39. The van der Waals surface area contributed by atoms with E-state index in [9.17, 15) is 22.0 Å². The fourth-order valence-corrected chi connectivity index (χ4v) is 2.58. The van der Waals surface area contributed by atoms with Gasteiger partial charge < -0.3 is 4.74 Å². The summed E-state index contributed by atoms with van der Waals surface area (Å²) in [6.07, 6.45) is 0.867. The Kier molecular flexibility index (Phi) is 4.03. The maximum Gasteiger partial charge on any atom is 0.293 e. The van der Waals surface area contributed by atoms with Crippen LogP contribution >= 0.6 is 0 Å². The van der Waals surface area contributed by atoms with Crippen molar-refractivity contribution in [3.8, 4) is 5.75 Å². The van der Waals surface area contributed by atoms with Gasteiger partial charge in [0.05, 0.1) is 0 Å². The maximum atomic E-state index is 13.8. The molecule has 2 aromatic carbocycles. The highest BCUT2D eigenvalue weighted by atomic mass is 19.2. The molecule has 0 spiro atoms. The summed E-state index contributed by atoms with van der Waals surface area (Å²) in [5.74, 6) is -9.20. The summed E-state index contributed by atoms with van der Waals surface area (Å²) >= 11 is 0. The first-order valence-corrected chi connectivity index (χ1v) is 7.21. The lowest BCUT2D eigenvalue weighted by Gasteiger charge is -2.06. The Morgan fingerprint density at radius 1 is 0.958 bits per heavy atom. The van der Waals surface area contributed by atoms with E-state index in [0.717, 1.165) is 11.8 Å². The predicted molar refractivity (Wildman–Crippen MR) is 77.3 cm³/mol. The summed E-state index contributed by atoms with van der Waals surface area (Å²) in [7, 11) is 0. The molecule has 0 amide bonds. The van der Waals surface area contributed by atoms with Crippen LogP contribution in [0.15, 0.2) is 18.2 Å². The average Bonchev–Trinajstić information content (AvgIpc) is 2.98. The van der Waals surface area contributed by atoms with Crippen LogP contribution in [-0.4, -0.2) is 17.5 Å². The second-order valence-corrected chi connectivity index (χ2v) is 5.71. The van der Waals surface area contributed by atoms with Crippen LogP contribution in [-0.2, 0) is 0 Å². The van der Waals surface area contributed by atoms with E-state index < -0.39 is 34.6 Å². The molecule has 24 heavy (non-hydrogen) atoms. The third-order valence-corrected chi connectivity index (χ3v) is 3.83. The van der Waals surface area contributed by atoms with Crippen molar-refractivity contribution in [3.05, 3.63) is 58.4 Å². The number of hydrogen-bond donors (Lipinski definition) is 0. The van der Waals surface area contributed by atoms with Crippen LogP contribution in [0.4, 0.5) is 27.6 Å². The summed E-state index contributed by atoms with van der Waals surface area (Å²) in [6.45, 7) is 3.82. The Morgan fingerprint density at radius 2 is 1.54 bits per heavy atom. The molecule has 0 bridgehead atoms. The molecule has 0 N–H and O–H groups in total. The highest BCUT2D eigenvalue weighted by Gasteiger charge is 2.32. The normalized spacial score (nSPS) is 15.1. The van der Waals surface area contributed by atoms with E-state index in [-0.39, 0.29) is 12.6 Å². The van der Waals surface area contributed by atoms with Crippen LogP contribution in [0, 0.1) is 29.1 Å². The third-order valence-electron chi connectivity index (χ3n) is 3.83. The summed E-state index contributed by atoms with van der Waals surface area (Å²) < 4.78 is 74.2. The molecule has 0 radical (unpaired) electrons. The minimum Gasteiger partial charge on any atom is -0.429 e. The molecule has 0 aliphatic carbocycles. The molecule has 1 heterocycles. The van der Waals surface area contributed by atoms with Gasteiger partial charge in [-0.05, 0) is 5.92 Å². The Hall–Kier alpha value is -2.44. The Labute approximate surface area is 134 Å². The molecule has 1 aliphatic rings. The van der Waals surface area contributed by atoms with Gasteiger partial charge in [0, 0.05) is 11.6 Å². The molecule has 126 valence electrons. The van der Waals surface area contributed by atoms with Crippen molar-refractivity contribution in [2.45, 2.75) is 19.8 Å². The van der Waals surface area contributed by atoms with Gasteiger partial charge in [0.15, 0.2) is 29.5 Å². The number of para-hydroxylation sites is 1. The molecule has 0 atom stereocenters. The van der Waals surface area contributed by atoms with Gasteiger partial charge in [0.2, 0.25) is 11.6 Å². The standard InChI is InChI=1S/C17H13F5NO/c1-8(2)9-4-3-5-11-17(9)24-7-23(11)6-10-12(18)14(20)16(22)15(21)13(10)19/h3-6,8H,7H2,1-2H3/q+1/b23-6-. The van der Waals surface area contributed by atoms with Crippen molar-refractivity contribution in [1.82, 2.24) is 0 Å². The first-order valence-electron chi connectivity index (χ1n) is 7.21. The molecule has 1 aliphatic heterocycles. The van der Waals surface area contributed by atoms with Gasteiger partial charge in [-0.15, -0.1) is 0 Å². The van der Waals surface area contributed by atoms with Crippen molar-refractivity contribution in [1.29, 1.82) is 0 Å². The number of ether oxygens (including phenoxy) is 1. The fourth-order valence-electron chi connectivity index (χ4n) is 2.58. The topological polar surface area (TPSA) is 12.2 Å². The van der Waals surface area contributed by atoms with Gasteiger partial charge in [0.1, 0.15) is 5.56 Å². The average molecular weight is 342 g/mol. The van der Waals surface area contributed by atoms with E-state index in [1.807, 2.05) is 19.9 Å². The summed E-state index contributed by atoms with van der Waals surface area (Å²) in [6, 6.07) is 5.24. The lowest BCUT2D eigenvalue weighted by molar-refractivity contribution is -0.452. The molecule has 0 saturated carbocycles. The van der Waals surface area contributed by atoms with E-state index in [0.29, 0.717) is 11.4 Å². The zero-order valence-corrected chi connectivity index (χ0v) is 12.8. The van der Waals surface area contributed by atoms with Crippen molar-refractivity contribution in [2.24, 2.45) is 0 Å². The van der Waals surface area contributed by atoms with E-state index in [1.165, 1.54) is 4.58 Å².